The van der Waals surface area contributed by atoms with E-state index in [4.69, 9.17) is 0 Å². The van der Waals surface area contributed by atoms with E-state index in [1.165, 1.54) is 24.0 Å². The number of hydrogen-bond donors (Lipinski definition) is 2. The van der Waals surface area contributed by atoms with Crippen LogP contribution in [0.2, 0.25) is 0 Å². The molecule has 0 aliphatic heterocycles. The Morgan fingerprint density at radius 2 is 1.44 bits per heavy atom. The maximum atomic E-state index is 3.85. The third-order valence-electron chi connectivity index (χ3n) is 5.20. The fourth-order valence-corrected chi connectivity index (χ4v) is 3.82. The van der Waals surface area contributed by atoms with Crippen LogP contribution in [-0.2, 0) is 0 Å². The van der Waals surface area contributed by atoms with E-state index in [0.29, 0.717) is 0 Å². The molecule has 0 fully saturated rings. The number of hydrogen-bond acceptors (Lipinski definition) is 2. The van der Waals surface area contributed by atoms with Crippen molar-refractivity contribution in [1.82, 2.24) is 10.6 Å². The molecule has 27 heavy (non-hydrogen) atoms. The monoisotopic (exact) mass is 360 g/mol. The van der Waals surface area contributed by atoms with E-state index in [9.17, 15) is 0 Å². The number of rotatable bonds is 10. The first-order valence-electron chi connectivity index (χ1n) is 10.3. The summed E-state index contributed by atoms with van der Waals surface area (Å²) in [6.07, 6.45) is 11.5. The van der Waals surface area contributed by atoms with Gasteiger partial charge >= 0.3 is 0 Å². The Bertz CT molecular complexity index is 719. The molecular weight excluding hydrogens is 328 g/mol. The molecule has 1 aliphatic rings. The van der Waals surface area contributed by atoms with Gasteiger partial charge in [-0.25, -0.2) is 0 Å². The highest BCUT2D eigenvalue weighted by atomic mass is 15.0. The average Bonchev–Trinajstić information content (AvgIpc) is 2.75. The molecule has 0 radical (unpaired) electrons. The lowest BCUT2D eigenvalue weighted by molar-refractivity contribution is 0.388. The Morgan fingerprint density at radius 3 is 2.00 bits per heavy atom. The van der Waals surface area contributed by atoms with Gasteiger partial charge in [-0.3, -0.25) is 0 Å². The molecule has 0 aromatic heterocycles. The summed E-state index contributed by atoms with van der Waals surface area (Å²) in [4.78, 5) is 0. The van der Waals surface area contributed by atoms with Crippen molar-refractivity contribution in [3.05, 3.63) is 95.6 Å². The molecule has 3 rings (SSSR count). The molecule has 0 bridgehead atoms. The van der Waals surface area contributed by atoms with Crippen molar-refractivity contribution < 1.29 is 0 Å². The van der Waals surface area contributed by atoms with Gasteiger partial charge in [-0.1, -0.05) is 91.4 Å². The third-order valence-corrected chi connectivity index (χ3v) is 5.20. The molecule has 0 saturated heterocycles. The van der Waals surface area contributed by atoms with E-state index >= 15 is 0 Å². The third kappa shape index (κ3) is 5.92. The maximum Gasteiger partial charge on any atom is 0.0518 e. The molecule has 142 valence electrons. The second-order valence-electron chi connectivity index (χ2n) is 7.17. The van der Waals surface area contributed by atoms with E-state index in [1.807, 2.05) is 0 Å². The second kappa shape index (κ2) is 10.9. The zero-order valence-electron chi connectivity index (χ0n) is 16.4. The molecule has 2 aromatic carbocycles. The van der Waals surface area contributed by atoms with E-state index in [1.54, 1.807) is 5.57 Å². The normalized spacial score (nSPS) is 16.0. The smallest absolute Gasteiger partial charge is 0.0518 e. The molecule has 1 aliphatic carbocycles. The zero-order valence-corrected chi connectivity index (χ0v) is 16.4. The summed E-state index contributed by atoms with van der Waals surface area (Å²) in [6, 6.07) is 22.2. The van der Waals surface area contributed by atoms with Crippen LogP contribution in [0.25, 0.3) is 0 Å². The summed E-state index contributed by atoms with van der Waals surface area (Å²) in [6.45, 7) is 4.15. The van der Waals surface area contributed by atoms with E-state index < -0.39 is 0 Å². The van der Waals surface area contributed by atoms with Crippen molar-refractivity contribution >= 4 is 0 Å². The maximum absolute atomic E-state index is 3.85. The van der Waals surface area contributed by atoms with Gasteiger partial charge in [0, 0.05) is 0 Å². The van der Waals surface area contributed by atoms with Gasteiger partial charge in [0.1, 0.15) is 0 Å². The topological polar surface area (TPSA) is 24.1 Å². The van der Waals surface area contributed by atoms with Crippen LogP contribution in [0.1, 0.15) is 55.8 Å². The number of benzene rings is 2. The van der Waals surface area contributed by atoms with Gasteiger partial charge < -0.3 is 10.6 Å². The quantitative estimate of drug-likeness (QED) is 0.418. The van der Waals surface area contributed by atoms with E-state index in [0.717, 1.165) is 25.9 Å². The highest BCUT2D eigenvalue weighted by Gasteiger charge is 2.23. The Balaban J connectivity index is 1.69. The van der Waals surface area contributed by atoms with Crippen LogP contribution in [0.15, 0.2) is 84.5 Å². The molecule has 1 unspecified atom stereocenters. The first-order valence-corrected chi connectivity index (χ1v) is 10.3. The van der Waals surface area contributed by atoms with Gasteiger partial charge in [0.2, 0.25) is 0 Å². The Kier molecular flexibility index (Phi) is 7.88. The summed E-state index contributed by atoms with van der Waals surface area (Å²) in [7, 11) is 0. The number of likely N-dealkylation sites (N-methyl/N-ethyl adjacent to an activating group) is 1. The van der Waals surface area contributed by atoms with Crippen LogP contribution < -0.4 is 10.6 Å². The highest BCUT2D eigenvalue weighted by molar-refractivity contribution is 5.27. The van der Waals surface area contributed by atoms with Gasteiger partial charge in [0.25, 0.3) is 0 Å². The first kappa shape index (κ1) is 19.6. The van der Waals surface area contributed by atoms with Crippen molar-refractivity contribution in [2.45, 2.75) is 44.7 Å². The zero-order chi connectivity index (χ0) is 18.7. The minimum Gasteiger partial charge on any atom is -0.309 e. The fourth-order valence-electron chi connectivity index (χ4n) is 3.82. The lowest BCUT2D eigenvalue weighted by Crippen LogP contribution is -2.36. The number of nitrogens with one attached hydrogen (secondary N) is 2. The lowest BCUT2D eigenvalue weighted by atomic mass is 9.93. The molecule has 2 N–H and O–H groups in total. The SMILES string of the molecule is CCN[C@@H](c1ccccc1)C(NCCCC1=CCC=CC1)c1ccccc1. The van der Waals surface area contributed by atoms with Crippen molar-refractivity contribution in [3.63, 3.8) is 0 Å². The van der Waals surface area contributed by atoms with Gasteiger partial charge in [-0.05, 0) is 49.9 Å². The molecule has 2 nitrogen and oxygen atoms in total. The fraction of sp³-hybridized carbons (Fsp3) is 0.360. The summed E-state index contributed by atoms with van der Waals surface area (Å²) in [5.41, 5.74) is 4.26. The predicted molar refractivity (Wildman–Crippen MR) is 116 cm³/mol. The summed E-state index contributed by atoms with van der Waals surface area (Å²) in [5, 5.41) is 7.56. The van der Waals surface area contributed by atoms with Crippen LogP contribution in [0.5, 0.6) is 0 Å². The molecule has 2 aromatic rings. The van der Waals surface area contributed by atoms with Crippen LogP contribution in [0.3, 0.4) is 0 Å². The van der Waals surface area contributed by atoms with E-state index in [2.05, 4.69) is 96.4 Å². The lowest BCUT2D eigenvalue weighted by Gasteiger charge is -2.30. The largest absolute Gasteiger partial charge is 0.309 e. The first-order chi connectivity index (χ1) is 13.4. The number of allylic oxidation sites excluding steroid dienone is 4. The Hall–Kier alpha value is -2.16. The minimum atomic E-state index is 0.258. The predicted octanol–water partition coefficient (Wildman–Crippen LogP) is 5.72. The molecule has 2 atom stereocenters. The average molecular weight is 361 g/mol. The molecule has 0 amide bonds. The Morgan fingerprint density at radius 1 is 0.815 bits per heavy atom. The van der Waals surface area contributed by atoms with Crippen LogP contribution >= 0.6 is 0 Å². The standard InChI is InChI=1S/C25H32N2/c1-2-26-24(22-16-8-4-9-17-22)25(23-18-10-5-11-19-23)27-20-12-15-21-13-6-3-7-14-21/h3-6,8-11,14,16-19,24-27H,2,7,12-13,15,20H2,1H3/t24-,25?/m0/s1. The van der Waals surface area contributed by atoms with Crippen LogP contribution in [0.4, 0.5) is 0 Å². The van der Waals surface area contributed by atoms with Crippen LogP contribution in [0, 0.1) is 0 Å². The summed E-state index contributed by atoms with van der Waals surface area (Å²) >= 11 is 0. The molecule has 0 spiro atoms. The van der Waals surface area contributed by atoms with Crippen molar-refractivity contribution in [2.24, 2.45) is 0 Å². The molecular formula is C25H32N2. The van der Waals surface area contributed by atoms with E-state index in [-0.39, 0.29) is 12.1 Å². The van der Waals surface area contributed by atoms with Crippen molar-refractivity contribution in [2.75, 3.05) is 13.1 Å². The molecule has 0 saturated carbocycles. The minimum absolute atomic E-state index is 0.258. The molecule has 2 heteroatoms. The Labute approximate surface area is 164 Å². The van der Waals surface area contributed by atoms with Crippen molar-refractivity contribution in [3.8, 4) is 0 Å². The highest BCUT2D eigenvalue weighted by Crippen LogP contribution is 2.29. The molecule has 0 heterocycles. The van der Waals surface area contributed by atoms with Gasteiger partial charge in [-0.2, -0.15) is 0 Å². The van der Waals surface area contributed by atoms with Gasteiger partial charge in [0.05, 0.1) is 12.1 Å². The summed E-state index contributed by atoms with van der Waals surface area (Å²) < 4.78 is 0. The van der Waals surface area contributed by atoms with Crippen molar-refractivity contribution in [1.29, 1.82) is 0 Å². The second-order valence-corrected chi connectivity index (χ2v) is 7.17. The van der Waals surface area contributed by atoms with Gasteiger partial charge in [0.15, 0.2) is 0 Å². The van der Waals surface area contributed by atoms with Gasteiger partial charge in [-0.15, -0.1) is 0 Å². The van der Waals surface area contributed by atoms with Crippen LogP contribution in [-0.4, -0.2) is 13.1 Å². The summed E-state index contributed by atoms with van der Waals surface area (Å²) in [5.74, 6) is 0.